The van der Waals surface area contributed by atoms with Gasteiger partial charge in [-0.25, -0.2) is 0 Å². The van der Waals surface area contributed by atoms with Crippen molar-refractivity contribution < 1.29 is 19.1 Å². The van der Waals surface area contributed by atoms with Gasteiger partial charge in [-0.3, -0.25) is 19.4 Å². The number of carbonyl (C=O) groups excluding carboxylic acids is 2. The van der Waals surface area contributed by atoms with Crippen LogP contribution in [0.25, 0.3) is 5.57 Å². The van der Waals surface area contributed by atoms with Gasteiger partial charge in [0, 0.05) is 31.1 Å². The third kappa shape index (κ3) is 5.01. The Balaban J connectivity index is 1.55. The summed E-state index contributed by atoms with van der Waals surface area (Å²) in [6, 6.07) is 17.0. The van der Waals surface area contributed by atoms with Gasteiger partial charge in [-0.05, 0) is 36.2 Å². The van der Waals surface area contributed by atoms with Gasteiger partial charge >= 0.3 is 0 Å². The zero-order chi connectivity index (χ0) is 21.6. The molecular weight excluding hydrogens is 412 g/mol. The lowest BCUT2D eigenvalue weighted by Crippen LogP contribution is -2.39. The lowest BCUT2D eigenvalue weighted by atomic mass is 10.1. The minimum Gasteiger partial charge on any atom is -0.497 e. The zero-order valence-electron chi connectivity index (χ0n) is 17.6. The highest BCUT2D eigenvalue weighted by molar-refractivity contribution is 8.04. The summed E-state index contributed by atoms with van der Waals surface area (Å²) in [5, 5.41) is 0. The van der Waals surface area contributed by atoms with Gasteiger partial charge in [0.15, 0.2) is 0 Å². The molecule has 0 spiro atoms. The van der Waals surface area contributed by atoms with E-state index in [4.69, 9.17) is 9.47 Å². The average Bonchev–Trinajstić information content (AvgIpc) is 3.04. The van der Waals surface area contributed by atoms with Crippen LogP contribution in [-0.2, 0) is 14.3 Å². The fourth-order valence-corrected chi connectivity index (χ4v) is 4.78. The number of nitrogens with zero attached hydrogens (tertiary/aromatic N) is 2. The highest BCUT2D eigenvalue weighted by Crippen LogP contribution is 2.40. The Kier molecular flexibility index (Phi) is 7.06. The summed E-state index contributed by atoms with van der Waals surface area (Å²) < 4.78 is 10.6. The number of hydrogen-bond donors (Lipinski definition) is 0. The molecule has 0 aliphatic carbocycles. The Hall–Kier alpha value is -2.61. The van der Waals surface area contributed by atoms with Crippen LogP contribution in [-0.4, -0.2) is 68.1 Å². The molecular formula is C24H26N2O4S. The largest absolute Gasteiger partial charge is 0.497 e. The van der Waals surface area contributed by atoms with E-state index in [0.29, 0.717) is 22.8 Å². The number of morpholine rings is 1. The van der Waals surface area contributed by atoms with Gasteiger partial charge < -0.3 is 9.47 Å². The van der Waals surface area contributed by atoms with Crippen LogP contribution >= 0.6 is 11.8 Å². The van der Waals surface area contributed by atoms with Crippen LogP contribution in [0.2, 0.25) is 0 Å². The Labute approximate surface area is 186 Å². The van der Waals surface area contributed by atoms with Crippen LogP contribution in [0.4, 0.5) is 0 Å². The first-order valence-corrected chi connectivity index (χ1v) is 11.3. The molecule has 0 unspecified atom stereocenters. The first-order valence-electron chi connectivity index (χ1n) is 10.5. The predicted molar refractivity (Wildman–Crippen MR) is 121 cm³/mol. The topological polar surface area (TPSA) is 59.1 Å². The van der Waals surface area contributed by atoms with Crippen molar-refractivity contribution in [2.45, 2.75) is 11.3 Å². The molecule has 6 nitrogen and oxygen atoms in total. The molecule has 1 saturated heterocycles. The molecule has 0 atom stereocenters. The SMILES string of the molecule is COc1ccc(C2=C(Sc3ccccc3)C(=O)N(CCCN3CCOCC3)C2=O)cc1. The summed E-state index contributed by atoms with van der Waals surface area (Å²) in [5.41, 5.74) is 1.20. The van der Waals surface area contributed by atoms with Crippen molar-refractivity contribution in [2.75, 3.05) is 46.5 Å². The normalized spacial score (nSPS) is 17.5. The molecule has 0 saturated carbocycles. The molecule has 2 aliphatic rings. The monoisotopic (exact) mass is 438 g/mol. The first kappa shape index (κ1) is 21.6. The van der Waals surface area contributed by atoms with Crippen LogP contribution in [0.15, 0.2) is 64.4 Å². The first-order chi connectivity index (χ1) is 15.2. The number of amides is 2. The van der Waals surface area contributed by atoms with Gasteiger partial charge in [0.1, 0.15) is 5.75 Å². The van der Waals surface area contributed by atoms with E-state index in [1.807, 2.05) is 54.6 Å². The lowest BCUT2D eigenvalue weighted by Gasteiger charge is -2.27. The van der Waals surface area contributed by atoms with Gasteiger partial charge in [0.2, 0.25) is 0 Å². The Morgan fingerprint density at radius 2 is 1.65 bits per heavy atom. The lowest BCUT2D eigenvalue weighted by molar-refractivity contribution is -0.136. The van der Waals surface area contributed by atoms with Crippen LogP contribution in [0.3, 0.4) is 0 Å². The van der Waals surface area contributed by atoms with Crippen LogP contribution in [0, 0.1) is 0 Å². The van der Waals surface area contributed by atoms with Gasteiger partial charge in [-0.2, -0.15) is 0 Å². The summed E-state index contributed by atoms with van der Waals surface area (Å²) in [7, 11) is 1.60. The number of thioether (sulfide) groups is 1. The third-order valence-corrected chi connectivity index (χ3v) is 6.52. The van der Waals surface area contributed by atoms with Crippen molar-refractivity contribution in [3.63, 3.8) is 0 Å². The highest BCUT2D eigenvalue weighted by atomic mass is 32.2. The number of ether oxygens (including phenoxy) is 2. The molecule has 7 heteroatoms. The van der Waals surface area contributed by atoms with Gasteiger partial charge in [0.05, 0.1) is 30.8 Å². The molecule has 0 N–H and O–H groups in total. The molecule has 2 amide bonds. The predicted octanol–water partition coefficient (Wildman–Crippen LogP) is 3.29. The second-order valence-corrected chi connectivity index (χ2v) is 8.50. The van der Waals surface area contributed by atoms with Crippen LogP contribution in [0.1, 0.15) is 12.0 Å². The van der Waals surface area contributed by atoms with Crippen molar-refractivity contribution in [3.05, 3.63) is 65.1 Å². The molecule has 1 fully saturated rings. The number of imide groups is 1. The molecule has 2 aromatic rings. The van der Waals surface area contributed by atoms with Crippen molar-refractivity contribution in [1.29, 1.82) is 0 Å². The van der Waals surface area contributed by atoms with E-state index >= 15 is 0 Å². The fourth-order valence-electron chi connectivity index (χ4n) is 3.75. The summed E-state index contributed by atoms with van der Waals surface area (Å²) in [6.07, 6.45) is 0.747. The molecule has 162 valence electrons. The van der Waals surface area contributed by atoms with E-state index in [2.05, 4.69) is 4.90 Å². The summed E-state index contributed by atoms with van der Waals surface area (Å²) in [4.78, 5) is 31.7. The van der Waals surface area contributed by atoms with Crippen molar-refractivity contribution in [2.24, 2.45) is 0 Å². The standard InChI is InChI=1S/C24H26N2O4S/c1-29-19-10-8-18(9-11-19)21-22(31-20-6-3-2-4-7-20)24(28)26(23(21)27)13-5-12-25-14-16-30-17-15-25/h2-4,6-11H,5,12-17H2,1H3. The van der Waals surface area contributed by atoms with Crippen LogP contribution < -0.4 is 4.74 Å². The molecule has 4 rings (SSSR count). The summed E-state index contributed by atoms with van der Waals surface area (Å²) >= 11 is 1.35. The number of carbonyl (C=O) groups is 2. The van der Waals surface area contributed by atoms with E-state index in [9.17, 15) is 9.59 Å². The Morgan fingerprint density at radius 1 is 0.935 bits per heavy atom. The molecule has 2 aromatic carbocycles. The van der Waals surface area contributed by atoms with Gasteiger partial charge in [-0.1, -0.05) is 42.1 Å². The van der Waals surface area contributed by atoms with Crippen molar-refractivity contribution in [3.8, 4) is 5.75 Å². The van der Waals surface area contributed by atoms with E-state index < -0.39 is 0 Å². The number of methoxy groups -OCH3 is 1. The summed E-state index contributed by atoms with van der Waals surface area (Å²) in [5.74, 6) is 0.267. The molecule has 31 heavy (non-hydrogen) atoms. The maximum absolute atomic E-state index is 13.3. The second kappa shape index (κ2) is 10.1. The van der Waals surface area contributed by atoms with E-state index in [-0.39, 0.29) is 11.8 Å². The maximum Gasteiger partial charge on any atom is 0.268 e. The Bertz CT molecular complexity index is 953. The molecule has 0 aromatic heterocycles. The van der Waals surface area contributed by atoms with E-state index in [1.54, 1.807) is 7.11 Å². The Morgan fingerprint density at radius 3 is 2.32 bits per heavy atom. The molecule has 2 heterocycles. The number of rotatable bonds is 8. The van der Waals surface area contributed by atoms with Gasteiger partial charge in [0.25, 0.3) is 11.8 Å². The number of hydrogen-bond acceptors (Lipinski definition) is 6. The third-order valence-electron chi connectivity index (χ3n) is 5.43. The minimum atomic E-state index is -0.226. The smallest absolute Gasteiger partial charge is 0.268 e. The van der Waals surface area contributed by atoms with Crippen molar-refractivity contribution in [1.82, 2.24) is 9.80 Å². The summed E-state index contributed by atoms with van der Waals surface area (Å²) in [6.45, 7) is 4.52. The zero-order valence-corrected chi connectivity index (χ0v) is 18.4. The molecule has 0 bridgehead atoms. The average molecular weight is 439 g/mol. The minimum absolute atomic E-state index is 0.216. The van der Waals surface area contributed by atoms with E-state index in [1.165, 1.54) is 16.7 Å². The second-order valence-electron chi connectivity index (χ2n) is 7.42. The number of benzene rings is 2. The molecule has 2 aliphatic heterocycles. The van der Waals surface area contributed by atoms with Gasteiger partial charge in [-0.15, -0.1) is 0 Å². The highest BCUT2D eigenvalue weighted by Gasteiger charge is 2.39. The fraction of sp³-hybridized carbons (Fsp3) is 0.333. The van der Waals surface area contributed by atoms with Crippen molar-refractivity contribution >= 4 is 29.1 Å². The molecule has 0 radical (unpaired) electrons. The van der Waals surface area contributed by atoms with E-state index in [0.717, 1.165) is 49.7 Å². The maximum atomic E-state index is 13.3. The van der Waals surface area contributed by atoms with Crippen LogP contribution in [0.5, 0.6) is 5.75 Å². The quantitative estimate of drug-likeness (QED) is 0.590.